The third-order valence-corrected chi connectivity index (χ3v) is 5.65. The van der Waals surface area contributed by atoms with Gasteiger partial charge in [-0.15, -0.1) is 0 Å². The maximum Gasteiger partial charge on any atom is 0.236 e. The van der Waals surface area contributed by atoms with Gasteiger partial charge in [0.1, 0.15) is 5.60 Å². The van der Waals surface area contributed by atoms with Gasteiger partial charge in [0.05, 0.1) is 17.6 Å². The summed E-state index contributed by atoms with van der Waals surface area (Å²) in [6.07, 6.45) is 2.02. The molecular weight excluding hydrogens is 254 g/mol. The first-order valence-corrected chi connectivity index (χ1v) is 7.03. The number of rotatable bonds is 0. The third-order valence-electron chi connectivity index (χ3n) is 5.65. The van der Waals surface area contributed by atoms with Crippen molar-refractivity contribution in [2.24, 2.45) is 17.3 Å². The molecule has 1 saturated heterocycles. The highest BCUT2D eigenvalue weighted by atomic mass is 16.5. The van der Waals surface area contributed by atoms with E-state index in [0.717, 1.165) is 16.9 Å². The molecule has 0 N–H and O–H groups in total. The Kier molecular flexibility index (Phi) is 2.37. The van der Waals surface area contributed by atoms with E-state index in [0.29, 0.717) is 0 Å². The van der Waals surface area contributed by atoms with E-state index in [9.17, 15) is 9.59 Å². The molecule has 1 fully saturated rings. The van der Waals surface area contributed by atoms with Gasteiger partial charge < -0.3 is 4.74 Å². The number of likely N-dealkylation sites (tertiary alicyclic amines) is 1. The van der Waals surface area contributed by atoms with Gasteiger partial charge in [-0.3, -0.25) is 14.5 Å². The van der Waals surface area contributed by atoms with Crippen molar-refractivity contribution in [3.05, 3.63) is 23.0 Å². The Morgan fingerprint density at radius 2 is 1.75 bits per heavy atom. The lowest BCUT2D eigenvalue weighted by Gasteiger charge is -2.50. The van der Waals surface area contributed by atoms with Crippen LogP contribution in [0.15, 0.2) is 23.0 Å². The second-order valence-corrected chi connectivity index (χ2v) is 6.90. The molecule has 108 valence electrons. The SMILES string of the molecule is CC1=CC2=C(C)C3C(=O)N(C)C(=O)C3C(C)(C)C2(C)O1. The van der Waals surface area contributed by atoms with E-state index in [2.05, 4.69) is 0 Å². The summed E-state index contributed by atoms with van der Waals surface area (Å²) in [5, 5.41) is 0. The molecule has 3 unspecified atom stereocenters. The lowest BCUT2D eigenvalue weighted by Crippen LogP contribution is -2.54. The maximum atomic E-state index is 12.5. The number of carbonyl (C=O) groups is 2. The zero-order chi connectivity index (χ0) is 15.0. The van der Waals surface area contributed by atoms with E-state index < -0.39 is 11.0 Å². The predicted molar refractivity (Wildman–Crippen MR) is 74.5 cm³/mol. The average Bonchev–Trinajstić information content (AvgIpc) is 2.78. The molecule has 0 spiro atoms. The number of carbonyl (C=O) groups excluding carboxylic acids is 2. The van der Waals surface area contributed by atoms with Crippen LogP contribution in [0.5, 0.6) is 0 Å². The monoisotopic (exact) mass is 275 g/mol. The van der Waals surface area contributed by atoms with Crippen LogP contribution in [0.4, 0.5) is 0 Å². The van der Waals surface area contributed by atoms with E-state index >= 15 is 0 Å². The normalized spacial score (nSPS) is 38.7. The van der Waals surface area contributed by atoms with Crippen LogP contribution in [0, 0.1) is 17.3 Å². The minimum Gasteiger partial charge on any atom is -0.487 e. The number of ether oxygens (including phenoxy) is 1. The van der Waals surface area contributed by atoms with Gasteiger partial charge in [0.25, 0.3) is 0 Å². The van der Waals surface area contributed by atoms with Crippen molar-refractivity contribution in [3.63, 3.8) is 0 Å². The predicted octanol–water partition coefficient (Wildman–Crippen LogP) is 2.27. The van der Waals surface area contributed by atoms with Gasteiger partial charge in [0.15, 0.2) is 0 Å². The summed E-state index contributed by atoms with van der Waals surface area (Å²) >= 11 is 0. The maximum absolute atomic E-state index is 12.5. The summed E-state index contributed by atoms with van der Waals surface area (Å²) in [5.41, 5.74) is 1.08. The summed E-state index contributed by atoms with van der Waals surface area (Å²) < 4.78 is 6.09. The molecule has 0 bridgehead atoms. The molecule has 4 heteroatoms. The minimum atomic E-state index is -0.538. The van der Waals surface area contributed by atoms with Gasteiger partial charge in [-0.1, -0.05) is 19.4 Å². The Labute approximate surface area is 119 Å². The van der Waals surface area contributed by atoms with Gasteiger partial charge >= 0.3 is 0 Å². The summed E-state index contributed by atoms with van der Waals surface area (Å²) in [7, 11) is 1.58. The largest absolute Gasteiger partial charge is 0.487 e. The second kappa shape index (κ2) is 3.54. The van der Waals surface area contributed by atoms with Crippen molar-refractivity contribution in [3.8, 4) is 0 Å². The lowest BCUT2D eigenvalue weighted by molar-refractivity contribution is -0.142. The Morgan fingerprint density at radius 3 is 2.35 bits per heavy atom. The van der Waals surface area contributed by atoms with Gasteiger partial charge in [-0.05, 0) is 32.4 Å². The van der Waals surface area contributed by atoms with Crippen molar-refractivity contribution in [1.82, 2.24) is 4.90 Å². The molecule has 0 saturated carbocycles. The van der Waals surface area contributed by atoms with Crippen LogP contribution >= 0.6 is 0 Å². The van der Waals surface area contributed by atoms with Crippen LogP contribution in [0.2, 0.25) is 0 Å². The molecule has 0 aromatic heterocycles. The van der Waals surface area contributed by atoms with Crippen molar-refractivity contribution in [2.75, 3.05) is 7.05 Å². The van der Waals surface area contributed by atoms with E-state index in [1.165, 1.54) is 4.90 Å². The smallest absolute Gasteiger partial charge is 0.236 e. The summed E-state index contributed by atoms with van der Waals surface area (Å²) in [6, 6.07) is 0. The van der Waals surface area contributed by atoms with E-state index in [4.69, 9.17) is 4.74 Å². The fraction of sp³-hybridized carbons (Fsp3) is 0.625. The van der Waals surface area contributed by atoms with Crippen molar-refractivity contribution >= 4 is 11.8 Å². The Morgan fingerprint density at radius 1 is 1.15 bits per heavy atom. The lowest BCUT2D eigenvalue weighted by atomic mass is 9.55. The summed E-state index contributed by atoms with van der Waals surface area (Å²) in [5.74, 6) is 0.00313. The molecule has 0 radical (unpaired) electrons. The molecule has 2 heterocycles. The minimum absolute atomic E-state index is 0.0851. The summed E-state index contributed by atoms with van der Waals surface area (Å²) in [6.45, 7) is 9.99. The standard InChI is InChI=1S/C16H21NO3/c1-8-7-10-9(2)11-12(14(19)17(6)13(11)18)15(3,4)16(10,5)20-8/h7,11-12H,1-6H3. The van der Waals surface area contributed by atoms with Crippen LogP contribution in [0.25, 0.3) is 0 Å². The number of hydrogen-bond donors (Lipinski definition) is 0. The molecule has 2 amide bonds. The molecule has 1 aliphatic carbocycles. The molecule has 4 nitrogen and oxygen atoms in total. The van der Waals surface area contributed by atoms with Gasteiger partial charge in [-0.25, -0.2) is 0 Å². The number of hydrogen-bond acceptors (Lipinski definition) is 3. The quantitative estimate of drug-likeness (QED) is 0.637. The van der Waals surface area contributed by atoms with Crippen molar-refractivity contribution in [2.45, 2.75) is 40.2 Å². The number of allylic oxidation sites excluding steroid dienone is 1. The highest BCUT2D eigenvalue weighted by molar-refractivity contribution is 6.07. The molecule has 0 aromatic rings. The molecule has 2 aliphatic heterocycles. The molecular formula is C16H21NO3. The number of nitrogens with zero attached hydrogens (tertiary/aromatic N) is 1. The fourth-order valence-corrected chi connectivity index (χ4v) is 4.15. The zero-order valence-corrected chi connectivity index (χ0v) is 12.9. The first kappa shape index (κ1) is 13.4. The van der Waals surface area contributed by atoms with Crippen LogP contribution in [0.3, 0.4) is 0 Å². The van der Waals surface area contributed by atoms with Crippen molar-refractivity contribution in [1.29, 1.82) is 0 Å². The highest BCUT2D eigenvalue weighted by Crippen LogP contribution is 2.60. The van der Waals surface area contributed by atoms with Crippen LogP contribution in [-0.4, -0.2) is 29.4 Å². The van der Waals surface area contributed by atoms with E-state index in [1.807, 2.05) is 40.7 Å². The average molecular weight is 275 g/mol. The highest BCUT2D eigenvalue weighted by Gasteiger charge is 2.65. The zero-order valence-electron chi connectivity index (χ0n) is 12.9. The van der Waals surface area contributed by atoms with E-state index in [1.54, 1.807) is 7.05 Å². The number of fused-ring (bicyclic) bond motifs is 2. The Balaban J connectivity index is 2.28. The number of amides is 2. The third kappa shape index (κ3) is 1.23. The van der Waals surface area contributed by atoms with Gasteiger partial charge in [0, 0.05) is 12.5 Å². The second-order valence-electron chi connectivity index (χ2n) is 6.90. The van der Waals surface area contributed by atoms with Crippen LogP contribution < -0.4 is 0 Å². The number of imide groups is 1. The molecule has 3 aliphatic rings. The topological polar surface area (TPSA) is 46.6 Å². The van der Waals surface area contributed by atoms with Crippen LogP contribution in [-0.2, 0) is 14.3 Å². The fourth-order valence-electron chi connectivity index (χ4n) is 4.15. The van der Waals surface area contributed by atoms with Crippen LogP contribution in [0.1, 0.15) is 34.6 Å². The summed E-state index contributed by atoms with van der Waals surface area (Å²) in [4.78, 5) is 26.2. The Bertz CT molecular complexity index is 599. The first-order chi connectivity index (χ1) is 9.13. The first-order valence-electron chi connectivity index (χ1n) is 7.03. The molecule has 0 aromatic carbocycles. The molecule has 20 heavy (non-hydrogen) atoms. The van der Waals surface area contributed by atoms with Gasteiger partial charge in [-0.2, -0.15) is 0 Å². The van der Waals surface area contributed by atoms with E-state index in [-0.39, 0.29) is 23.7 Å². The van der Waals surface area contributed by atoms with Gasteiger partial charge in [0.2, 0.25) is 11.8 Å². The van der Waals surface area contributed by atoms with Crippen molar-refractivity contribution < 1.29 is 14.3 Å². The molecule has 3 rings (SSSR count). The molecule has 3 atom stereocenters. The Hall–Kier alpha value is -1.58.